The van der Waals surface area contributed by atoms with Gasteiger partial charge in [-0.05, 0) is 12.8 Å². The van der Waals surface area contributed by atoms with Gasteiger partial charge < -0.3 is 5.32 Å². The van der Waals surface area contributed by atoms with Gasteiger partial charge in [0.25, 0.3) is 5.91 Å². The SMILES string of the molecule is CS(=O)(=O)N1CCC(NC(=O)c2cnsn2)CC1. The molecule has 1 aliphatic rings. The number of rotatable bonds is 3. The van der Waals surface area contributed by atoms with E-state index in [1.165, 1.54) is 16.8 Å². The second-order valence-electron chi connectivity index (χ2n) is 4.20. The fourth-order valence-electron chi connectivity index (χ4n) is 1.86. The average molecular weight is 290 g/mol. The summed E-state index contributed by atoms with van der Waals surface area (Å²) in [5.74, 6) is -0.249. The van der Waals surface area contributed by atoms with E-state index in [9.17, 15) is 13.2 Å². The van der Waals surface area contributed by atoms with Crippen LogP contribution in [0.1, 0.15) is 23.3 Å². The molecule has 18 heavy (non-hydrogen) atoms. The van der Waals surface area contributed by atoms with Crippen molar-refractivity contribution >= 4 is 27.7 Å². The first-order chi connectivity index (χ1) is 8.47. The highest BCUT2D eigenvalue weighted by atomic mass is 32.2. The molecule has 1 aromatic rings. The number of hydrogen-bond acceptors (Lipinski definition) is 6. The van der Waals surface area contributed by atoms with E-state index < -0.39 is 10.0 Å². The summed E-state index contributed by atoms with van der Waals surface area (Å²) in [5.41, 5.74) is 0.311. The lowest BCUT2D eigenvalue weighted by Gasteiger charge is -2.30. The van der Waals surface area contributed by atoms with E-state index in [2.05, 4.69) is 14.1 Å². The van der Waals surface area contributed by atoms with Gasteiger partial charge in [0.2, 0.25) is 10.0 Å². The lowest BCUT2D eigenvalue weighted by molar-refractivity contribution is 0.0920. The van der Waals surface area contributed by atoms with Crippen LogP contribution in [0.3, 0.4) is 0 Å². The molecule has 7 nitrogen and oxygen atoms in total. The zero-order valence-electron chi connectivity index (χ0n) is 9.87. The van der Waals surface area contributed by atoms with E-state index in [4.69, 9.17) is 0 Å². The average Bonchev–Trinajstić information content (AvgIpc) is 2.82. The Kier molecular flexibility index (Phi) is 3.93. The van der Waals surface area contributed by atoms with Gasteiger partial charge in [0.05, 0.1) is 24.2 Å². The molecule has 0 unspecified atom stereocenters. The number of nitrogens with zero attached hydrogens (tertiary/aromatic N) is 3. The fourth-order valence-corrected chi connectivity index (χ4v) is 3.14. The summed E-state index contributed by atoms with van der Waals surface area (Å²) in [4.78, 5) is 11.7. The first-order valence-corrected chi connectivity index (χ1v) is 8.08. The highest BCUT2D eigenvalue weighted by Crippen LogP contribution is 2.13. The van der Waals surface area contributed by atoms with Crippen LogP contribution in [0, 0.1) is 0 Å². The molecule has 1 N–H and O–H groups in total. The third kappa shape index (κ3) is 3.24. The summed E-state index contributed by atoms with van der Waals surface area (Å²) < 4.78 is 31.7. The van der Waals surface area contributed by atoms with Crippen LogP contribution in [0.4, 0.5) is 0 Å². The number of amides is 1. The molecule has 100 valence electrons. The van der Waals surface area contributed by atoms with E-state index >= 15 is 0 Å². The first-order valence-electron chi connectivity index (χ1n) is 5.50. The smallest absolute Gasteiger partial charge is 0.272 e. The Balaban J connectivity index is 1.86. The van der Waals surface area contributed by atoms with Crippen LogP contribution in [0.5, 0.6) is 0 Å². The quantitative estimate of drug-likeness (QED) is 0.824. The fraction of sp³-hybridized carbons (Fsp3) is 0.667. The van der Waals surface area contributed by atoms with Crippen molar-refractivity contribution < 1.29 is 13.2 Å². The van der Waals surface area contributed by atoms with Gasteiger partial charge in [-0.3, -0.25) is 4.79 Å². The molecule has 9 heteroatoms. The number of piperidine rings is 1. The number of aromatic nitrogens is 2. The van der Waals surface area contributed by atoms with E-state index in [1.807, 2.05) is 0 Å². The number of sulfonamides is 1. The zero-order valence-corrected chi connectivity index (χ0v) is 11.5. The largest absolute Gasteiger partial charge is 0.348 e. The lowest BCUT2D eigenvalue weighted by atomic mass is 10.1. The molecule has 2 rings (SSSR count). The van der Waals surface area contributed by atoms with Crippen molar-refractivity contribution in [1.82, 2.24) is 18.4 Å². The summed E-state index contributed by atoms with van der Waals surface area (Å²) in [6.45, 7) is 0.887. The van der Waals surface area contributed by atoms with E-state index in [1.54, 1.807) is 0 Å². The topological polar surface area (TPSA) is 92.3 Å². The monoisotopic (exact) mass is 290 g/mol. The minimum atomic E-state index is -3.12. The second-order valence-corrected chi connectivity index (χ2v) is 6.74. The number of carbonyl (C=O) groups excluding carboxylic acids is 1. The molecule has 0 bridgehead atoms. The van der Waals surface area contributed by atoms with Crippen LogP contribution in [0.2, 0.25) is 0 Å². The number of nitrogens with one attached hydrogen (secondary N) is 1. The molecule has 0 atom stereocenters. The standard InChI is InChI=1S/C9H14N4O3S2/c1-18(15,16)13-4-2-7(3-5-13)11-9(14)8-6-10-17-12-8/h6-7H,2-5H2,1H3,(H,11,14). The predicted octanol–water partition coefficient (Wildman–Crippen LogP) is -0.308. The highest BCUT2D eigenvalue weighted by Gasteiger charge is 2.26. The van der Waals surface area contributed by atoms with E-state index in [-0.39, 0.29) is 11.9 Å². The molecule has 1 aromatic heterocycles. The number of carbonyl (C=O) groups is 1. The van der Waals surface area contributed by atoms with Gasteiger partial charge in [0, 0.05) is 19.1 Å². The van der Waals surface area contributed by atoms with Crippen molar-refractivity contribution in [2.75, 3.05) is 19.3 Å². The van der Waals surface area contributed by atoms with Crippen molar-refractivity contribution in [2.24, 2.45) is 0 Å². The van der Waals surface area contributed by atoms with E-state index in [0.29, 0.717) is 31.6 Å². The summed E-state index contributed by atoms with van der Waals surface area (Å²) in [6, 6.07) is -0.00259. The Morgan fingerprint density at radius 3 is 2.67 bits per heavy atom. The minimum absolute atomic E-state index is 0.00259. The second kappa shape index (κ2) is 5.29. The van der Waals surface area contributed by atoms with Crippen molar-refractivity contribution in [2.45, 2.75) is 18.9 Å². The normalized spacial score (nSPS) is 18.7. The van der Waals surface area contributed by atoms with Crippen molar-refractivity contribution in [1.29, 1.82) is 0 Å². The van der Waals surface area contributed by atoms with Crippen LogP contribution in [-0.2, 0) is 10.0 Å². The maximum atomic E-state index is 11.7. The molecule has 0 radical (unpaired) electrons. The molecular weight excluding hydrogens is 276 g/mol. The number of hydrogen-bond donors (Lipinski definition) is 1. The van der Waals surface area contributed by atoms with Crippen molar-refractivity contribution in [3.05, 3.63) is 11.9 Å². The van der Waals surface area contributed by atoms with Gasteiger partial charge in [-0.15, -0.1) is 0 Å². The lowest BCUT2D eigenvalue weighted by Crippen LogP contribution is -2.46. The van der Waals surface area contributed by atoms with Crippen LogP contribution >= 0.6 is 11.7 Å². The predicted molar refractivity (Wildman–Crippen MR) is 66.8 cm³/mol. The maximum Gasteiger partial charge on any atom is 0.272 e. The molecule has 2 heterocycles. The van der Waals surface area contributed by atoms with Crippen molar-refractivity contribution in [3.8, 4) is 0 Å². The van der Waals surface area contributed by atoms with Gasteiger partial charge in [-0.25, -0.2) is 12.7 Å². The van der Waals surface area contributed by atoms with Crippen molar-refractivity contribution in [3.63, 3.8) is 0 Å². The first kappa shape index (κ1) is 13.4. The van der Waals surface area contributed by atoms with Gasteiger partial charge >= 0.3 is 0 Å². The Hall–Kier alpha value is -1.06. The molecule has 0 aromatic carbocycles. The van der Waals surface area contributed by atoms with Gasteiger partial charge in [-0.1, -0.05) is 0 Å². The molecule has 1 saturated heterocycles. The van der Waals surface area contributed by atoms with Crippen LogP contribution < -0.4 is 5.32 Å². The molecule has 1 aliphatic heterocycles. The summed E-state index contributed by atoms with van der Waals surface area (Å²) in [7, 11) is -3.12. The molecular formula is C9H14N4O3S2. The molecule has 0 saturated carbocycles. The summed E-state index contributed by atoms with van der Waals surface area (Å²) in [5, 5.41) is 2.84. The van der Waals surface area contributed by atoms with Gasteiger partial charge in [0.1, 0.15) is 0 Å². The third-order valence-corrected chi connectivity index (χ3v) is 4.63. The van der Waals surface area contributed by atoms with Crippen LogP contribution in [0.25, 0.3) is 0 Å². The highest BCUT2D eigenvalue weighted by molar-refractivity contribution is 7.88. The van der Waals surface area contributed by atoms with Gasteiger partial charge in [-0.2, -0.15) is 8.75 Å². The molecule has 1 fully saturated rings. The summed E-state index contributed by atoms with van der Waals surface area (Å²) >= 11 is 0.985. The van der Waals surface area contributed by atoms with Crippen LogP contribution in [0.15, 0.2) is 6.20 Å². The Morgan fingerprint density at radius 1 is 1.50 bits per heavy atom. The van der Waals surface area contributed by atoms with E-state index in [0.717, 1.165) is 11.7 Å². The Bertz CT molecular complexity index is 506. The van der Waals surface area contributed by atoms with Crippen LogP contribution in [-0.4, -0.2) is 52.8 Å². The third-order valence-electron chi connectivity index (χ3n) is 2.85. The van der Waals surface area contributed by atoms with Gasteiger partial charge in [0.15, 0.2) is 5.69 Å². The molecule has 0 aliphatic carbocycles. The Labute approximate surface area is 110 Å². The maximum absolute atomic E-state index is 11.7. The minimum Gasteiger partial charge on any atom is -0.348 e. The Morgan fingerprint density at radius 2 is 2.17 bits per heavy atom. The zero-order chi connectivity index (χ0) is 13.2. The molecule has 0 spiro atoms. The summed E-state index contributed by atoms with van der Waals surface area (Å²) in [6.07, 6.45) is 3.87. The molecule has 1 amide bonds.